The van der Waals surface area contributed by atoms with Crippen LogP contribution >= 0.6 is 7.82 Å². The van der Waals surface area contributed by atoms with Gasteiger partial charge >= 0.3 is 7.82 Å². The Morgan fingerprint density at radius 1 is 1.21 bits per heavy atom. The Labute approximate surface area is 81.8 Å². The van der Waals surface area contributed by atoms with Crippen molar-refractivity contribution in [3.8, 4) is 11.5 Å². The monoisotopic (exact) mass is 218 g/mol. The highest BCUT2D eigenvalue weighted by Gasteiger charge is 2.25. The maximum Gasteiger partial charge on any atom is 0.529 e. The van der Waals surface area contributed by atoms with E-state index in [4.69, 9.17) is 4.52 Å². The SMILES string of the molecule is COP(=O)(OC)Oc1ccccc1O. The second kappa shape index (κ2) is 4.46. The van der Waals surface area contributed by atoms with Crippen LogP contribution in [-0.2, 0) is 13.6 Å². The van der Waals surface area contributed by atoms with E-state index in [-0.39, 0.29) is 11.5 Å². The molecule has 1 aromatic rings. The van der Waals surface area contributed by atoms with Crippen molar-refractivity contribution < 1.29 is 23.2 Å². The molecular formula is C8H11O5P. The van der Waals surface area contributed by atoms with Gasteiger partial charge in [-0.15, -0.1) is 0 Å². The third kappa shape index (κ3) is 2.48. The molecule has 1 rings (SSSR count). The summed E-state index contributed by atoms with van der Waals surface area (Å²) in [5, 5.41) is 9.31. The molecule has 0 radical (unpaired) electrons. The smallest absolute Gasteiger partial charge is 0.504 e. The fourth-order valence-electron chi connectivity index (χ4n) is 0.804. The normalized spacial score (nSPS) is 11.3. The van der Waals surface area contributed by atoms with E-state index in [1.165, 1.54) is 26.4 Å². The molecule has 1 aromatic carbocycles. The summed E-state index contributed by atoms with van der Waals surface area (Å²) >= 11 is 0. The maximum atomic E-state index is 11.5. The van der Waals surface area contributed by atoms with Gasteiger partial charge in [0.1, 0.15) is 0 Å². The van der Waals surface area contributed by atoms with Crippen LogP contribution in [0.1, 0.15) is 0 Å². The number of phenols is 1. The third-order valence-electron chi connectivity index (χ3n) is 1.52. The molecular weight excluding hydrogens is 207 g/mol. The quantitative estimate of drug-likeness (QED) is 0.784. The van der Waals surface area contributed by atoms with E-state index in [1.54, 1.807) is 12.1 Å². The van der Waals surface area contributed by atoms with Crippen LogP contribution in [0.15, 0.2) is 24.3 Å². The van der Waals surface area contributed by atoms with Crippen molar-refractivity contribution in [3.63, 3.8) is 0 Å². The summed E-state index contributed by atoms with van der Waals surface area (Å²) in [6.07, 6.45) is 0. The number of hydrogen-bond acceptors (Lipinski definition) is 5. The molecule has 6 heteroatoms. The molecule has 0 aliphatic rings. The molecule has 0 spiro atoms. The minimum absolute atomic E-state index is 0.0551. The molecule has 0 amide bonds. The lowest BCUT2D eigenvalue weighted by atomic mass is 10.3. The molecule has 0 aliphatic carbocycles. The van der Waals surface area contributed by atoms with Crippen molar-refractivity contribution in [3.05, 3.63) is 24.3 Å². The summed E-state index contributed by atoms with van der Waals surface area (Å²) in [6, 6.07) is 6.11. The zero-order valence-electron chi connectivity index (χ0n) is 7.84. The number of phenolic OH excluding ortho intramolecular Hbond substituents is 1. The predicted molar refractivity (Wildman–Crippen MR) is 50.4 cm³/mol. The average molecular weight is 218 g/mol. The second-order valence-corrected chi connectivity index (χ2v) is 4.18. The van der Waals surface area contributed by atoms with Crippen LogP contribution in [0.5, 0.6) is 11.5 Å². The van der Waals surface area contributed by atoms with E-state index in [9.17, 15) is 9.67 Å². The number of aromatic hydroxyl groups is 1. The Morgan fingerprint density at radius 2 is 1.79 bits per heavy atom. The van der Waals surface area contributed by atoms with Crippen LogP contribution in [0.2, 0.25) is 0 Å². The van der Waals surface area contributed by atoms with Crippen molar-refractivity contribution in [1.82, 2.24) is 0 Å². The summed E-state index contributed by atoms with van der Waals surface area (Å²) < 4.78 is 25.5. The van der Waals surface area contributed by atoms with Gasteiger partial charge in [0, 0.05) is 14.2 Å². The first-order valence-corrected chi connectivity index (χ1v) is 5.26. The zero-order chi connectivity index (χ0) is 10.6. The standard InChI is InChI=1S/C8H11O5P/c1-11-14(10,12-2)13-8-6-4-3-5-7(8)9/h3-6,9H,1-2H3. The number of para-hydroxylation sites is 2. The van der Waals surface area contributed by atoms with Crippen molar-refractivity contribution in [2.24, 2.45) is 0 Å². The van der Waals surface area contributed by atoms with Crippen molar-refractivity contribution in [2.45, 2.75) is 0 Å². The van der Waals surface area contributed by atoms with Gasteiger partial charge < -0.3 is 9.63 Å². The van der Waals surface area contributed by atoms with Crippen molar-refractivity contribution >= 4 is 7.82 Å². The Balaban J connectivity index is 2.88. The van der Waals surface area contributed by atoms with Gasteiger partial charge in [-0.25, -0.2) is 4.57 Å². The number of phosphoric acid groups is 1. The highest BCUT2D eigenvalue weighted by molar-refractivity contribution is 7.48. The lowest BCUT2D eigenvalue weighted by Crippen LogP contribution is -1.97. The second-order valence-electron chi connectivity index (χ2n) is 2.37. The van der Waals surface area contributed by atoms with Gasteiger partial charge in [-0.1, -0.05) is 12.1 Å². The number of hydrogen-bond donors (Lipinski definition) is 1. The molecule has 1 N–H and O–H groups in total. The molecule has 0 aliphatic heterocycles. The Morgan fingerprint density at radius 3 is 2.29 bits per heavy atom. The van der Waals surface area contributed by atoms with Crippen LogP contribution < -0.4 is 4.52 Å². The molecule has 78 valence electrons. The molecule has 0 fully saturated rings. The zero-order valence-corrected chi connectivity index (χ0v) is 8.73. The summed E-state index contributed by atoms with van der Waals surface area (Å²) in [4.78, 5) is 0. The van der Waals surface area contributed by atoms with E-state index >= 15 is 0 Å². The number of benzene rings is 1. The third-order valence-corrected chi connectivity index (χ3v) is 2.84. The molecule has 0 saturated heterocycles. The first-order valence-electron chi connectivity index (χ1n) is 3.80. The van der Waals surface area contributed by atoms with Gasteiger partial charge in [0.25, 0.3) is 0 Å². The summed E-state index contributed by atoms with van der Waals surface area (Å²) in [6.45, 7) is 0. The topological polar surface area (TPSA) is 65.0 Å². The molecule has 0 heterocycles. The van der Waals surface area contributed by atoms with E-state index in [1.807, 2.05) is 0 Å². The van der Waals surface area contributed by atoms with Crippen molar-refractivity contribution in [1.29, 1.82) is 0 Å². The minimum Gasteiger partial charge on any atom is -0.504 e. The van der Waals surface area contributed by atoms with Gasteiger partial charge in [0.2, 0.25) is 0 Å². The highest BCUT2D eigenvalue weighted by Crippen LogP contribution is 2.49. The largest absolute Gasteiger partial charge is 0.529 e. The molecule has 0 aromatic heterocycles. The predicted octanol–water partition coefficient (Wildman–Crippen LogP) is 2.17. The van der Waals surface area contributed by atoms with Crippen LogP contribution in [0, 0.1) is 0 Å². The highest BCUT2D eigenvalue weighted by atomic mass is 31.2. The summed E-state index contributed by atoms with van der Waals surface area (Å²) in [5.41, 5.74) is 0. The number of rotatable bonds is 4. The molecule has 0 atom stereocenters. The Bertz CT molecular complexity index is 343. The van der Waals surface area contributed by atoms with E-state index in [0.717, 1.165) is 0 Å². The van der Waals surface area contributed by atoms with Crippen LogP contribution in [0.4, 0.5) is 0 Å². The van der Waals surface area contributed by atoms with Crippen LogP contribution in [0.3, 0.4) is 0 Å². The molecule has 0 bridgehead atoms. The Kier molecular flexibility index (Phi) is 3.52. The lowest BCUT2D eigenvalue weighted by Gasteiger charge is -2.14. The molecule has 0 unspecified atom stereocenters. The molecule has 5 nitrogen and oxygen atoms in total. The first kappa shape index (κ1) is 11.0. The summed E-state index contributed by atoms with van der Waals surface area (Å²) in [7, 11) is -1.19. The van der Waals surface area contributed by atoms with Gasteiger partial charge in [-0.3, -0.25) is 9.05 Å². The number of phosphoric ester groups is 1. The average Bonchev–Trinajstić information content (AvgIpc) is 2.21. The van der Waals surface area contributed by atoms with Gasteiger partial charge in [-0.2, -0.15) is 0 Å². The Hall–Kier alpha value is -1.03. The fraction of sp³-hybridized carbons (Fsp3) is 0.250. The van der Waals surface area contributed by atoms with E-state index in [0.29, 0.717) is 0 Å². The van der Waals surface area contributed by atoms with Crippen molar-refractivity contribution in [2.75, 3.05) is 14.2 Å². The van der Waals surface area contributed by atoms with Gasteiger partial charge in [0.15, 0.2) is 11.5 Å². The van der Waals surface area contributed by atoms with Gasteiger partial charge in [-0.05, 0) is 12.1 Å². The van der Waals surface area contributed by atoms with E-state index in [2.05, 4.69) is 9.05 Å². The van der Waals surface area contributed by atoms with Crippen LogP contribution in [-0.4, -0.2) is 19.3 Å². The first-order chi connectivity index (χ1) is 6.61. The molecule has 0 saturated carbocycles. The molecule has 14 heavy (non-hydrogen) atoms. The van der Waals surface area contributed by atoms with Crippen LogP contribution in [0.25, 0.3) is 0 Å². The maximum absolute atomic E-state index is 11.5. The fourth-order valence-corrected chi connectivity index (χ4v) is 1.50. The minimum atomic E-state index is -3.59. The summed E-state index contributed by atoms with van der Waals surface area (Å²) in [5.74, 6) is -0.0682. The van der Waals surface area contributed by atoms with E-state index < -0.39 is 7.82 Å². The lowest BCUT2D eigenvalue weighted by molar-refractivity contribution is 0.208. The van der Waals surface area contributed by atoms with Gasteiger partial charge in [0.05, 0.1) is 0 Å².